The minimum Gasteiger partial charge on any atom is -0.396 e. The fourth-order valence-electron chi connectivity index (χ4n) is 1.17. The molecule has 1 aromatic rings. The lowest BCUT2D eigenvalue weighted by Crippen LogP contribution is -2.08. The second-order valence-corrected chi connectivity index (χ2v) is 2.71. The first-order valence-electron chi connectivity index (χ1n) is 4.20. The summed E-state index contributed by atoms with van der Waals surface area (Å²) in [6.45, 7) is 0.313. The molecule has 0 saturated carbocycles. The average molecular weight is 186 g/mol. The van der Waals surface area contributed by atoms with Gasteiger partial charge in [0.2, 0.25) is 0 Å². The van der Waals surface area contributed by atoms with Gasteiger partial charge >= 0.3 is 0 Å². The smallest absolute Gasteiger partial charge is 0.0850 e. The van der Waals surface area contributed by atoms with E-state index in [-0.39, 0.29) is 19.8 Å². The zero-order valence-corrected chi connectivity index (χ0v) is 7.35. The molecule has 0 saturated heterocycles. The highest BCUT2D eigenvalue weighted by molar-refractivity contribution is 5.09. The molecule has 0 bridgehead atoms. The van der Waals surface area contributed by atoms with Gasteiger partial charge in [0.25, 0.3) is 0 Å². The van der Waals surface area contributed by atoms with Gasteiger partial charge in [0.1, 0.15) is 0 Å². The predicted octanol–water partition coefficient (Wildman–Crippen LogP) is -1.10. The third-order valence-electron chi connectivity index (χ3n) is 1.76. The lowest BCUT2D eigenvalue weighted by atomic mass is 10.3. The van der Waals surface area contributed by atoms with E-state index in [1.54, 1.807) is 10.7 Å². The summed E-state index contributed by atoms with van der Waals surface area (Å²) in [5.74, 6) is 0. The molecule has 0 amide bonds. The van der Waals surface area contributed by atoms with E-state index in [1.807, 2.05) is 0 Å². The summed E-state index contributed by atoms with van der Waals surface area (Å²) in [7, 11) is 0. The highest BCUT2D eigenvalue weighted by atomic mass is 16.3. The fraction of sp³-hybridized carbons (Fsp3) is 0.625. The Labute approximate surface area is 76.2 Å². The van der Waals surface area contributed by atoms with Crippen molar-refractivity contribution in [3.8, 4) is 0 Å². The van der Waals surface area contributed by atoms with Crippen molar-refractivity contribution >= 4 is 0 Å². The van der Waals surface area contributed by atoms with Crippen LogP contribution in [-0.2, 0) is 19.6 Å². The van der Waals surface area contributed by atoms with Crippen molar-refractivity contribution in [3.05, 3.63) is 17.5 Å². The summed E-state index contributed by atoms with van der Waals surface area (Å²) in [6.07, 6.45) is 0.478. The van der Waals surface area contributed by atoms with E-state index in [0.717, 1.165) is 5.69 Å². The van der Waals surface area contributed by atoms with Gasteiger partial charge in [0.15, 0.2) is 0 Å². The first-order chi connectivity index (χ1) is 6.31. The van der Waals surface area contributed by atoms with Crippen LogP contribution in [0.15, 0.2) is 6.07 Å². The molecule has 1 rings (SSSR count). The summed E-state index contributed by atoms with van der Waals surface area (Å²) in [4.78, 5) is 0. The first kappa shape index (κ1) is 10.2. The third-order valence-corrected chi connectivity index (χ3v) is 1.76. The Morgan fingerprint density at radius 3 is 2.54 bits per heavy atom. The van der Waals surface area contributed by atoms with Crippen molar-refractivity contribution in [1.82, 2.24) is 9.78 Å². The summed E-state index contributed by atoms with van der Waals surface area (Å²) in [5.41, 5.74) is 1.40. The van der Waals surface area contributed by atoms with Crippen LogP contribution in [0.2, 0.25) is 0 Å². The number of hydrogen-bond acceptors (Lipinski definition) is 4. The number of nitrogens with zero attached hydrogens (tertiary/aromatic N) is 2. The molecule has 1 heterocycles. The topological polar surface area (TPSA) is 78.5 Å². The van der Waals surface area contributed by atoms with E-state index in [2.05, 4.69) is 5.10 Å². The second-order valence-electron chi connectivity index (χ2n) is 2.71. The van der Waals surface area contributed by atoms with E-state index >= 15 is 0 Å². The van der Waals surface area contributed by atoms with Gasteiger partial charge < -0.3 is 15.3 Å². The number of aliphatic hydroxyl groups is 3. The minimum atomic E-state index is -0.0988. The van der Waals surface area contributed by atoms with Crippen LogP contribution in [0, 0.1) is 0 Å². The van der Waals surface area contributed by atoms with Crippen molar-refractivity contribution < 1.29 is 15.3 Å². The molecule has 0 aromatic carbocycles. The van der Waals surface area contributed by atoms with Crippen molar-refractivity contribution in [2.75, 3.05) is 13.2 Å². The predicted molar refractivity (Wildman–Crippen MR) is 46.0 cm³/mol. The highest BCUT2D eigenvalue weighted by Gasteiger charge is 2.05. The van der Waals surface area contributed by atoms with E-state index in [1.165, 1.54) is 0 Å². The van der Waals surface area contributed by atoms with Gasteiger partial charge in [-0.2, -0.15) is 5.10 Å². The molecule has 3 N–H and O–H groups in total. The second kappa shape index (κ2) is 4.96. The molecule has 0 radical (unpaired) electrons. The van der Waals surface area contributed by atoms with Gasteiger partial charge in [0, 0.05) is 13.0 Å². The molecule has 0 atom stereocenters. The van der Waals surface area contributed by atoms with Crippen molar-refractivity contribution in [3.63, 3.8) is 0 Å². The molecule has 1 aromatic heterocycles. The van der Waals surface area contributed by atoms with Crippen LogP contribution >= 0.6 is 0 Å². The van der Waals surface area contributed by atoms with Crippen LogP contribution < -0.4 is 0 Å². The van der Waals surface area contributed by atoms with Crippen LogP contribution in [0.3, 0.4) is 0 Å². The maximum absolute atomic E-state index is 8.92. The van der Waals surface area contributed by atoms with Crippen LogP contribution in [0.4, 0.5) is 0 Å². The van der Waals surface area contributed by atoms with Crippen LogP contribution in [0.1, 0.15) is 11.4 Å². The number of hydrogen-bond donors (Lipinski definition) is 3. The molecule has 0 aliphatic carbocycles. The summed E-state index contributed by atoms with van der Waals surface area (Å²) >= 11 is 0. The molecular weight excluding hydrogens is 172 g/mol. The van der Waals surface area contributed by atoms with Gasteiger partial charge in [-0.25, -0.2) is 0 Å². The van der Waals surface area contributed by atoms with Crippen molar-refractivity contribution in [2.24, 2.45) is 0 Å². The molecule has 5 heteroatoms. The minimum absolute atomic E-state index is 0.00670. The maximum Gasteiger partial charge on any atom is 0.0850 e. The molecule has 0 fully saturated rings. The largest absolute Gasteiger partial charge is 0.396 e. The number of rotatable bonds is 5. The Morgan fingerprint density at radius 2 is 2.00 bits per heavy atom. The van der Waals surface area contributed by atoms with E-state index in [0.29, 0.717) is 18.7 Å². The maximum atomic E-state index is 8.92. The summed E-state index contributed by atoms with van der Waals surface area (Å²) < 4.78 is 1.55. The third kappa shape index (κ3) is 2.51. The first-order valence-corrected chi connectivity index (χ1v) is 4.20. The Bertz CT molecular complexity index is 260. The highest BCUT2D eigenvalue weighted by Crippen LogP contribution is 2.04. The molecule has 74 valence electrons. The van der Waals surface area contributed by atoms with Gasteiger partial charge in [-0.3, -0.25) is 4.68 Å². The summed E-state index contributed by atoms with van der Waals surface area (Å²) in [5, 5.41) is 30.4. The zero-order chi connectivity index (χ0) is 9.68. The SMILES string of the molecule is OCCc1cc(CO)n(CCO)n1. The number of aliphatic hydroxyl groups excluding tert-OH is 3. The van der Waals surface area contributed by atoms with Gasteiger partial charge in [-0.15, -0.1) is 0 Å². The molecule has 5 nitrogen and oxygen atoms in total. The quantitative estimate of drug-likeness (QED) is 0.545. The molecule has 13 heavy (non-hydrogen) atoms. The molecule has 0 aliphatic rings. The Hall–Kier alpha value is -0.910. The molecule has 0 aliphatic heterocycles. The monoisotopic (exact) mass is 186 g/mol. The zero-order valence-electron chi connectivity index (χ0n) is 7.35. The standard InChI is InChI=1S/C8H14N2O3/c11-3-1-7-5-8(6-13)10(9-7)2-4-12/h5,11-13H,1-4,6H2. The van der Waals surface area contributed by atoms with Crippen LogP contribution in [0.5, 0.6) is 0 Å². The molecule has 0 unspecified atom stereocenters. The van der Waals surface area contributed by atoms with E-state index < -0.39 is 0 Å². The Morgan fingerprint density at radius 1 is 1.23 bits per heavy atom. The summed E-state index contributed by atoms with van der Waals surface area (Å²) in [6, 6.07) is 1.73. The molecular formula is C8H14N2O3. The van der Waals surface area contributed by atoms with Crippen molar-refractivity contribution in [2.45, 2.75) is 19.6 Å². The van der Waals surface area contributed by atoms with E-state index in [9.17, 15) is 0 Å². The lowest BCUT2D eigenvalue weighted by molar-refractivity contribution is 0.243. The average Bonchev–Trinajstić information content (AvgIpc) is 2.49. The van der Waals surface area contributed by atoms with Crippen molar-refractivity contribution in [1.29, 1.82) is 0 Å². The fourth-order valence-corrected chi connectivity index (χ4v) is 1.17. The molecule has 0 spiro atoms. The van der Waals surface area contributed by atoms with Crippen LogP contribution in [0.25, 0.3) is 0 Å². The Kier molecular flexibility index (Phi) is 3.88. The van der Waals surface area contributed by atoms with Gasteiger partial charge in [-0.1, -0.05) is 0 Å². The number of aromatic nitrogens is 2. The Balaban J connectivity index is 2.77. The van der Waals surface area contributed by atoms with Gasteiger partial charge in [0.05, 0.1) is 31.1 Å². The van der Waals surface area contributed by atoms with E-state index in [4.69, 9.17) is 15.3 Å². The van der Waals surface area contributed by atoms with Gasteiger partial charge in [-0.05, 0) is 6.07 Å². The van der Waals surface area contributed by atoms with Crippen LogP contribution in [-0.4, -0.2) is 38.3 Å². The normalized spacial score (nSPS) is 10.7. The lowest BCUT2D eigenvalue weighted by Gasteiger charge is -2.01.